The minimum atomic E-state index is 0.188. The maximum Gasteiger partial charge on any atom is 0.230 e. The Labute approximate surface area is 63.3 Å². The molecule has 0 spiro atoms. The summed E-state index contributed by atoms with van der Waals surface area (Å²) in [6.07, 6.45) is 1.63. The molecular formula is C8H7NO2. The largest absolute Gasteiger partial charge is 0.504 e. The summed E-state index contributed by atoms with van der Waals surface area (Å²) in [5, 5.41) is 10.0. The normalized spacial score (nSPS) is 10.6. The molecule has 1 N–H and O–H groups in total. The van der Waals surface area contributed by atoms with Gasteiger partial charge in [0.05, 0.1) is 5.39 Å². The molecule has 0 fully saturated rings. The average Bonchev–Trinajstić information content (AvgIpc) is 2.30. The second kappa shape index (κ2) is 1.99. The van der Waals surface area contributed by atoms with Crippen molar-refractivity contribution in [1.29, 1.82) is 0 Å². The maximum absolute atomic E-state index is 9.36. The van der Waals surface area contributed by atoms with E-state index in [-0.39, 0.29) is 5.75 Å². The number of pyridine rings is 1. The van der Waals surface area contributed by atoms with Crippen LogP contribution in [0.1, 0.15) is 5.76 Å². The summed E-state index contributed by atoms with van der Waals surface area (Å²) in [5.74, 6) is 0.701. The fourth-order valence-corrected chi connectivity index (χ4v) is 1.04. The summed E-state index contributed by atoms with van der Waals surface area (Å²) in [5.41, 5.74) is 0.488. The quantitative estimate of drug-likeness (QED) is 0.621. The zero-order valence-electron chi connectivity index (χ0n) is 6.03. The SMILES string of the molecule is Cc1oc2ncccc2c1O. The van der Waals surface area contributed by atoms with E-state index in [1.807, 2.05) is 0 Å². The highest BCUT2D eigenvalue weighted by molar-refractivity contribution is 5.81. The van der Waals surface area contributed by atoms with E-state index in [1.54, 1.807) is 25.3 Å². The van der Waals surface area contributed by atoms with E-state index in [4.69, 9.17) is 4.42 Å². The van der Waals surface area contributed by atoms with Crippen LogP contribution < -0.4 is 0 Å². The van der Waals surface area contributed by atoms with Crippen molar-refractivity contribution < 1.29 is 9.52 Å². The van der Waals surface area contributed by atoms with E-state index < -0.39 is 0 Å². The fraction of sp³-hybridized carbons (Fsp3) is 0.125. The molecule has 0 saturated carbocycles. The molecule has 0 aliphatic carbocycles. The Morgan fingerprint density at radius 2 is 2.36 bits per heavy atom. The van der Waals surface area contributed by atoms with Crippen LogP contribution in [0.5, 0.6) is 5.75 Å². The van der Waals surface area contributed by atoms with Crippen molar-refractivity contribution in [2.45, 2.75) is 6.92 Å². The second-order valence-electron chi connectivity index (χ2n) is 2.36. The van der Waals surface area contributed by atoms with Crippen molar-refractivity contribution in [1.82, 2.24) is 4.98 Å². The van der Waals surface area contributed by atoms with Crippen LogP contribution in [0.15, 0.2) is 22.7 Å². The lowest BCUT2D eigenvalue weighted by atomic mass is 10.3. The first-order valence-electron chi connectivity index (χ1n) is 3.32. The minimum Gasteiger partial charge on any atom is -0.504 e. The third kappa shape index (κ3) is 0.774. The van der Waals surface area contributed by atoms with Gasteiger partial charge in [0.1, 0.15) is 5.76 Å². The number of hydrogen-bond donors (Lipinski definition) is 1. The molecule has 0 saturated heterocycles. The van der Waals surface area contributed by atoms with E-state index in [2.05, 4.69) is 4.98 Å². The monoisotopic (exact) mass is 149 g/mol. The molecule has 0 unspecified atom stereocenters. The Hall–Kier alpha value is -1.51. The van der Waals surface area contributed by atoms with Crippen LogP contribution in [-0.2, 0) is 0 Å². The van der Waals surface area contributed by atoms with Crippen LogP contribution >= 0.6 is 0 Å². The summed E-state index contributed by atoms with van der Waals surface area (Å²) in [6, 6.07) is 3.53. The first-order valence-corrected chi connectivity index (χ1v) is 3.32. The van der Waals surface area contributed by atoms with Crippen molar-refractivity contribution in [3.63, 3.8) is 0 Å². The van der Waals surface area contributed by atoms with Crippen LogP contribution in [0.3, 0.4) is 0 Å². The molecule has 0 radical (unpaired) electrons. The van der Waals surface area contributed by atoms with Gasteiger partial charge in [0.15, 0.2) is 5.75 Å². The Bertz CT molecular complexity index is 392. The van der Waals surface area contributed by atoms with E-state index in [9.17, 15) is 5.11 Å². The molecule has 2 rings (SSSR count). The van der Waals surface area contributed by atoms with Gasteiger partial charge in [-0.1, -0.05) is 0 Å². The molecule has 11 heavy (non-hydrogen) atoms. The number of aromatic hydroxyl groups is 1. The lowest BCUT2D eigenvalue weighted by Crippen LogP contribution is -1.68. The van der Waals surface area contributed by atoms with Gasteiger partial charge in [0, 0.05) is 6.20 Å². The Kier molecular flexibility index (Phi) is 1.12. The van der Waals surface area contributed by atoms with E-state index in [0.717, 1.165) is 0 Å². The predicted octanol–water partition coefficient (Wildman–Crippen LogP) is 1.84. The van der Waals surface area contributed by atoms with Crippen LogP contribution in [-0.4, -0.2) is 10.1 Å². The van der Waals surface area contributed by atoms with Crippen molar-refractivity contribution in [2.75, 3.05) is 0 Å². The third-order valence-electron chi connectivity index (χ3n) is 1.61. The first-order chi connectivity index (χ1) is 5.29. The highest BCUT2D eigenvalue weighted by Crippen LogP contribution is 2.28. The highest BCUT2D eigenvalue weighted by Gasteiger charge is 2.08. The van der Waals surface area contributed by atoms with Crippen LogP contribution in [0.4, 0.5) is 0 Å². The average molecular weight is 149 g/mol. The van der Waals surface area contributed by atoms with Gasteiger partial charge in [-0.15, -0.1) is 0 Å². The molecule has 2 aromatic rings. The van der Waals surface area contributed by atoms with E-state index in [1.165, 1.54) is 0 Å². The number of aryl methyl sites for hydroxylation is 1. The lowest BCUT2D eigenvalue weighted by Gasteiger charge is -1.83. The molecule has 0 atom stereocenters. The summed E-state index contributed by atoms with van der Waals surface area (Å²) >= 11 is 0. The van der Waals surface area contributed by atoms with E-state index in [0.29, 0.717) is 16.9 Å². The number of rotatable bonds is 0. The van der Waals surface area contributed by atoms with Gasteiger partial charge < -0.3 is 9.52 Å². The van der Waals surface area contributed by atoms with Gasteiger partial charge in [0.25, 0.3) is 0 Å². The molecule has 0 bridgehead atoms. The number of aromatic nitrogens is 1. The second-order valence-corrected chi connectivity index (χ2v) is 2.36. The molecule has 0 aliphatic heterocycles. The third-order valence-corrected chi connectivity index (χ3v) is 1.61. The number of fused-ring (bicyclic) bond motifs is 1. The van der Waals surface area contributed by atoms with Gasteiger partial charge in [-0.3, -0.25) is 0 Å². The standard InChI is InChI=1S/C8H7NO2/c1-5-7(10)6-3-2-4-9-8(6)11-5/h2-4,10H,1H3. The smallest absolute Gasteiger partial charge is 0.230 e. The molecule has 2 aromatic heterocycles. The molecule has 3 nitrogen and oxygen atoms in total. The van der Waals surface area contributed by atoms with Crippen molar-refractivity contribution in [2.24, 2.45) is 0 Å². The van der Waals surface area contributed by atoms with Crippen molar-refractivity contribution >= 4 is 11.1 Å². The zero-order chi connectivity index (χ0) is 7.84. The minimum absolute atomic E-state index is 0.188. The van der Waals surface area contributed by atoms with E-state index >= 15 is 0 Å². The summed E-state index contributed by atoms with van der Waals surface area (Å²) in [7, 11) is 0. The molecular weight excluding hydrogens is 142 g/mol. The summed E-state index contributed by atoms with van der Waals surface area (Å²) in [6.45, 7) is 1.71. The van der Waals surface area contributed by atoms with Crippen molar-refractivity contribution in [3.8, 4) is 5.75 Å². The molecule has 56 valence electrons. The Morgan fingerprint density at radius 3 is 3.09 bits per heavy atom. The Balaban J connectivity index is 2.92. The molecule has 2 heterocycles. The van der Waals surface area contributed by atoms with Crippen LogP contribution in [0.25, 0.3) is 11.1 Å². The lowest BCUT2D eigenvalue weighted by molar-refractivity contribution is 0.450. The van der Waals surface area contributed by atoms with Gasteiger partial charge in [-0.2, -0.15) is 0 Å². The van der Waals surface area contributed by atoms with Gasteiger partial charge >= 0.3 is 0 Å². The molecule has 3 heteroatoms. The zero-order valence-corrected chi connectivity index (χ0v) is 6.03. The van der Waals surface area contributed by atoms with Crippen LogP contribution in [0.2, 0.25) is 0 Å². The van der Waals surface area contributed by atoms with Gasteiger partial charge in [-0.25, -0.2) is 4.98 Å². The maximum atomic E-state index is 9.36. The first kappa shape index (κ1) is 6.22. The summed E-state index contributed by atoms with van der Waals surface area (Å²) in [4.78, 5) is 3.94. The van der Waals surface area contributed by atoms with Gasteiger partial charge in [0.2, 0.25) is 5.71 Å². The number of hydrogen-bond acceptors (Lipinski definition) is 3. The highest BCUT2D eigenvalue weighted by atomic mass is 16.4. The van der Waals surface area contributed by atoms with Crippen molar-refractivity contribution in [3.05, 3.63) is 24.1 Å². The molecule has 0 aliphatic rings. The molecule has 0 amide bonds. The molecule has 0 aromatic carbocycles. The van der Waals surface area contributed by atoms with Crippen LogP contribution in [0, 0.1) is 6.92 Å². The summed E-state index contributed by atoms with van der Waals surface area (Å²) < 4.78 is 5.14. The Morgan fingerprint density at radius 1 is 1.55 bits per heavy atom. The van der Waals surface area contributed by atoms with Gasteiger partial charge in [-0.05, 0) is 19.1 Å². The fourth-order valence-electron chi connectivity index (χ4n) is 1.04. The topological polar surface area (TPSA) is 46.3 Å². The predicted molar refractivity (Wildman–Crippen MR) is 40.4 cm³/mol. The number of furan rings is 1. The number of nitrogens with zero attached hydrogens (tertiary/aromatic N) is 1.